The third-order valence-electron chi connectivity index (χ3n) is 6.02. The molecule has 3 aromatic rings. The van der Waals surface area contributed by atoms with E-state index in [1.54, 1.807) is 32.0 Å². The molecule has 4 rings (SSSR count). The van der Waals surface area contributed by atoms with Crippen molar-refractivity contribution in [3.8, 4) is 0 Å². The fraction of sp³-hybridized carbons (Fsp3) is 0.348. The molecule has 0 saturated heterocycles. The minimum Gasteiger partial charge on any atom is -0.465 e. The molecular formula is C23H24F3N9O4. The van der Waals surface area contributed by atoms with Crippen LogP contribution in [0, 0.1) is 6.92 Å². The molecule has 39 heavy (non-hydrogen) atoms. The Balaban J connectivity index is 1.60. The van der Waals surface area contributed by atoms with Crippen molar-refractivity contribution in [3.63, 3.8) is 0 Å². The summed E-state index contributed by atoms with van der Waals surface area (Å²) in [6.07, 6.45) is -1.78. The maximum atomic E-state index is 13.0. The molecule has 4 heterocycles. The van der Waals surface area contributed by atoms with Crippen molar-refractivity contribution in [2.45, 2.75) is 39.2 Å². The van der Waals surface area contributed by atoms with Crippen molar-refractivity contribution in [2.75, 3.05) is 28.7 Å². The van der Waals surface area contributed by atoms with Crippen molar-refractivity contribution < 1.29 is 32.7 Å². The third kappa shape index (κ3) is 6.05. The van der Waals surface area contributed by atoms with E-state index in [4.69, 9.17) is 5.11 Å². The number of aryl methyl sites for hydroxylation is 1. The number of alkyl halides is 3. The number of carboxylic acid groups (broad SMARTS) is 1. The maximum Gasteiger partial charge on any atom is 0.433 e. The lowest BCUT2D eigenvalue weighted by Crippen LogP contribution is -2.45. The molecule has 0 unspecified atom stereocenters. The summed E-state index contributed by atoms with van der Waals surface area (Å²) in [7, 11) is 1.68. The minimum atomic E-state index is -4.54. The molecule has 3 N–H and O–H groups in total. The Kier molecular flexibility index (Phi) is 7.38. The molecule has 3 amide bonds. The van der Waals surface area contributed by atoms with E-state index >= 15 is 0 Å². The van der Waals surface area contributed by atoms with Gasteiger partial charge in [-0.15, -0.1) is 0 Å². The number of halogens is 3. The Morgan fingerprint density at radius 1 is 1.21 bits per heavy atom. The second kappa shape index (κ2) is 10.5. The van der Waals surface area contributed by atoms with Gasteiger partial charge in [-0.25, -0.2) is 9.78 Å². The number of carbonyl (C=O) groups is 3. The Labute approximate surface area is 219 Å². The summed E-state index contributed by atoms with van der Waals surface area (Å²) in [6, 6.07) is 1.64. The lowest BCUT2D eigenvalue weighted by molar-refractivity contribution is -0.141. The van der Waals surface area contributed by atoms with Crippen molar-refractivity contribution in [3.05, 3.63) is 53.2 Å². The van der Waals surface area contributed by atoms with Crippen LogP contribution in [0.15, 0.2) is 30.7 Å². The van der Waals surface area contributed by atoms with E-state index in [1.807, 2.05) is 5.32 Å². The van der Waals surface area contributed by atoms with E-state index < -0.39 is 36.5 Å². The molecule has 3 aromatic heterocycles. The molecule has 206 valence electrons. The average Bonchev–Trinajstić information content (AvgIpc) is 3.31. The molecule has 1 aliphatic heterocycles. The van der Waals surface area contributed by atoms with Crippen molar-refractivity contribution in [1.29, 1.82) is 0 Å². The first kappa shape index (κ1) is 27.3. The monoisotopic (exact) mass is 547 g/mol. The summed E-state index contributed by atoms with van der Waals surface area (Å²) in [4.78, 5) is 51.4. The Hall–Kier alpha value is -4.76. The molecule has 0 aromatic carbocycles. The van der Waals surface area contributed by atoms with Gasteiger partial charge in [-0.2, -0.15) is 23.3 Å². The Bertz CT molecular complexity index is 1410. The first-order valence-corrected chi connectivity index (χ1v) is 11.6. The smallest absolute Gasteiger partial charge is 0.433 e. The number of amides is 3. The summed E-state index contributed by atoms with van der Waals surface area (Å²) in [5, 5.41) is 17.9. The van der Waals surface area contributed by atoms with Gasteiger partial charge in [0, 0.05) is 25.0 Å². The zero-order valence-electron chi connectivity index (χ0n) is 21.0. The molecule has 0 radical (unpaired) electrons. The van der Waals surface area contributed by atoms with Gasteiger partial charge in [0.25, 0.3) is 0 Å². The van der Waals surface area contributed by atoms with Gasteiger partial charge in [0.2, 0.25) is 17.8 Å². The van der Waals surface area contributed by atoms with E-state index in [0.717, 1.165) is 12.3 Å². The molecule has 0 fully saturated rings. The van der Waals surface area contributed by atoms with E-state index in [9.17, 15) is 27.6 Å². The zero-order valence-corrected chi connectivity index (χ0v) is 21.0. The van der Waals surface area contributed by atoms with E-state index in [2.05, 4.69) is 25.4 Å². The molecule has 0 aliphatic carbocycles. The largest absolute Gasteiger partial charge is 0.465 e. The van der Waals surface area contributed by atoms with Crippen LogP contribution >= 0.6 is 0 Å². The van der Waals surface area contributed by atoms with Crippen LogP contribution in [0.2, 0.25) is 0 Å². The van der Waals surface area contributed by atoms with Crippen LogP contribution in [0.4, 0.5) is 35.4 Å². The van der Waals surface area contributed by atoms with Crippen LogP contribution < -0.4 is 20.4 Å². The summed E-state index contributed by atoms with van der Waals surface area (Å²) in [5.41, 5.74) is 0.795. The van der Waals surface area contributed by atoms with Gasteiger partial charge in [-0.3, -0.25) is 24.2 Å². The number of hydrogen-bond acceptors (Lipinski definition) is 8. The average molecular weight is 547 g/mol. The number of aromatic nitrogens is 5. The number of fused-ring (bicyclic) bond motifs is 1. The zero-order chi connectivity index (χ0) is 28.5. The Morgan fingerprint density at radius 2 is 1.95 bits per heavy atom. The Morgan fingerprint density at radius 3 is 2.59 bits per heavy atom. The number of carbonyl (C=O) groups excluding carboxylic acids is 2. The second-order valence-corrected chi connectivity index (χ2v) is 8.82. The maximum absolute atomic E-state index is 13.0. The number of rotatable bonds is 7. The molecule has 1 atom stereocenters. The second-order valence-electron chi connectivity index (χ2n) is 8.82. The van der Waals surface area contributed by atoms with Crippen LogP contribution in [-0.4, -0.2) is 67.4 Å². The van der Waals surface area contributed by atoms with Gasteiger partial charge >= 0.3 is 12.3 Å². The lowest BCUT2D eigenvalue weighted by Gasteiger charge is -2.33. The molecule has 0 spiro atoms. The number of hydrogen-bond donors (Lipinski definition) is 3. The van der Waals surface area contributed by atoms with Crippen molar-refractivity contribution >= 4 is 35.4 Å². The highest BCUT2D eigenvalue weighted by molar-refractivity contribution is 6.03. The summed E-state index contributed by atoms with van der Waals surface area (Å²) in [5.74, 6) is -0.511. The number of nitrogens with one attached hydrogen (secondary N) is 2. The van der Waals surface area contributed by atoms with E-state index in [1.165, 1.54) is 21.8 Å². The molecule has 13 nitrogen and oxygen atoms in total. The van der Waals surface area contributed by atoms with Gasteiger partial charge in [-0.05, 0) is 25.5 Å². The molecule has 0 bridgehead atoms. The number of pyridine rings is 1. The predicted octanol–water partition coefficient (Wildman–Crippen LogP) is 2.02. The highest BCUT2D eigenvalue weighted by Gasteiger charge is 2.33. The van der Waals surface area contributed by atoms with Gasteiger partial charge in [0.05, 0.1) is 25.0 Å². The van der Waals surface area contributed by atoms with E-state index in [-0.39, 0.29) is 24.9 Å². The van der Waals surface area contributed by atoms with Gasteiger partial charge in [0.15, 0.2) is 5.82 Å². The summed E-state index contributed by atoms with van der Waals surface area (Å²) in [6.45, 7) is 2.81. The van der Waals surface area contributed by atoms with Crippen LogP contribution in [0.25, 0.3) is 0 Å². The SMILES string of the molecule is Cc1nc(N(Cc2cnn(Cc3ccc(C(F)(F)F)nc3)c2)C(=O)CNC(=O)O)nc2c1NC(=O)[C@H](C)N2C. The van der Waals surface area contributed by atoms with Crippen molar-refractivity contribution in [1.82, 2.24) is 30.0 Å². The molecule has 1 aliphatic rings. The molecule has 16 heteroatoms. The normalized spacial score (nSPS) is 15.0. The quantitative estimate of drug-likeness (QED) is 0.402. The number of nitrogens with zero attached hydrogens (tertiary/aromatic N) is 7. The van der Waals surface area contributed by atoms with Gasteiger partial charge in [-0.1, -0.05) is 6.07 Å². The number of anilines is 3. The first-order chi connectivity index (χ1) is 18.3. The minimum absolute atomic E-state index is 0.0154. The summed E-state index contributed by atoms with van der Waals surface area (Å²) < 4.78 is 39.8. The van der Waals surface area contributed by atoms with Crippen LogP contribution in [0.5, 0.6) is 0 Å². The highest BCUT2D eigenvalue weighted by Crippen LogP contribution is 2.33. The number of likely N-dealkylation sites (N-methyl/N-ethyl adjacent to an activating group) is 1. The highest BCUT2D eigenvalue weighted by atomic mass is 19.4. The third-order valence-corrected chi connectivity index (χ3v) is 6.02. The van der Waals surface area contributed by atoms with Crippen LogP contribution in [0.1, 0.15) is 29.4 Å². The topological polar surface area (TPSA) is 158 Å². The molecule has 0 saturated carbocycles. The predicted molar refractivity (Wildman–Crippen MR) is 131 cm³/mol. The van der Waals surface area contributed by atoms with Gasteiger partial charge < -0.3 is 20.6 Å². The molecular weight excluding hydrogens is 523 g/mol. The van der Waals surface area contributed by atoms with Crippen molar-refractivity contribution in [2.24, 2.45) is 0 Å². The lowest BCUT2D eigenvalue weighted by atomic mass is 10.2. The fourth-order valence-corrected chi connectivity index (χ4v) is 3.80. The summed E-state index contributed by atoms with van der Waals surface area (Å²) >= 11 is 0. The van der Waals surface area contributed by atoms with Crippen LogP contribution in [-0.2, 0) is 28.9 Å². The fourth-order valence-electron chi connectivity index (χ4n) is 3.80. The van der Waals surface area contributed by atoms with Crippen LogP contribution in [0.3, 0.4) is 0 Å². The standard InChI is InChI=1S/C23H24F3N9O4/c1-12-18-19(33(3)13(2)20(37)31-18)32-21(30-12)35(17(36)8-28-22(38)39)11-15-7-29-34(10-15)9-14-4-5-16(27-6-14)23(24,25)26/h4-7,10,13,28H,8-9,11H2,1-3H3,(H,31,37)(H,38,39)/t13-/m0/s1. The van der Waals surface area contributed by atoms with Gasteiger partial charge in [0.1, 0.15) is 24.0 Å². The van der Waals surface area contributed by atoms with E-state index in [0.29, 0.717) is 28.3 Å². The first-order valence-electron chi connectivity index (χ1n) is 11.6.